The standard InChI is InChI=1S/C9H11ClN4OS/c1-5-9(10)7(14(2)12-5)3-8(15)6-4-11-16-13-6/h4,8,15H,3H2,1-2H3. The van der Waals surface area contributed by atoms with Crippen LogP contribution in [-0.4, -0.2) is 23.6 Å². The van der Waals surface area contributed by atoms with Gasteiger partial charge in [0.25, 0.3) is 0 Å². The molecule has 2 heterocycles. The van der Waals surface area contributed by atoms with Gasteiger partial charge in [0.15, 0.2) is 0 Å². The minimum Gasteiger partial charge on any atom is -0.386 e. The van der Waals surface area contributed by atoms with Crippen molar-refractivity contribution in [3.8, 4) is 0 Å². The molecule has 0 radical (unpaired) electrons. The van der Waals surface area contributed by atoms with Crippen LogP contribution in [0.1, 0.15) is 23.2 Å². The van der Waals surface area contributed by atoms with Gasteiger partial charge in [-0.05, 0) is 6.92 Å². The summed E-state index contributed by atoms with van der Waals surface area (Å²) < 4.78 is 9.52. The van der Waals surface area contributed by atoms with E-state index in [0.29, 0.717) is 17.1 Å². The molecule has 16 heavy (non-hydrogen) atoms. The molecule has 2 aromatic heterocycles. The van der Waals surface area contributed by atoms with E-state index in [1.165, 1.54) is 0 Å². The van der Waals surface area contributed by atoms with Gasteiger partial charge >= 0.3 is 0 Å². The lowest BCUT2D eigenvalue weighted by Crippen LogP contribution is -2.07. The summed E-state index contributed by atoms with van der Waals surface area (Å²) in [5.74, 6) is 0. The fourth-order valence-corrected chi connectivity index (χ4v) is 2.21. The Morgan fingerprint density at radius 2 is 2.38 bits per heavy atom. The largest absolute Gasteiger partial charge is 0.386 e. The van der Waals surface area contributed by atoms with Crippen molar-refractivity contribution in [2.24, 2.45) is 7.05 Å². The molecule has 7 heteroatoms. The second-order valence-electron chi connectivity index (χ2n) is 3.52. The maximum absolute atomic E-state index is 9.93. The average Bonchev–Trinajstić information content (AvgIpc) is 2.83. The maximum Gasteiger partial charge on any atom is 0.104 e. The van der Waals surface area contributed by atoms with Gasteiger partial charge in [-0.2, -0.15) is 13.8 Å². The van der Waals surface area contributed by atoms with Crippen LogP contribution >= 0.6 is 23.3 Å². The Morgan fingerprint density at radius 1 is 1.62 bits per heavy atom. The summed E-state index contributed by atoms with van der Waals surface area (Å²) in [6, 6.07) is 0. The summed E-state index contributed by atoms with van der Waals surface area (Å²) in [6.45, 7) is 1.84. The van der Waals surface area contributed by atoms with Crippen molar-refractivity contribution in [2.45, 2.75) is 19.4 Å². The Morgan fingerprint density at radius 3 is 2.88 bits per heavy atom. The Bertz CT molecular complexity index is 482. The van der Waals surface area contributed by atoms with E-state index in [9.17, 15) is 5.11 Å². The molecule has 0 aliphatic rings. The first-order valence-corrected chi connectivity index (χ1v) is 5.84. The first kappa shape index (κ1) is 11.5. The topological polar surface area (TPSA) is 63.8 Å². The number of hydrogen-bond acceptors (Lipinski definition) is 5. The molecule has 1 N–H and O–H groups in total. The zero-order chi connectivity index (χ0) is 11.7. The fourth-order valence-electron chi connectivity index (χ4n) is 1.51. The van der Waals surface area contributed by atoms with Gasteiger partial charge in [-0.25, -0.2) is 0 Å². The third-order valence-corrected chi connectivity index (χ3v) is 3.35. The molecule has 1 unspecified atom stereocenters. The maximum atomic E-state index is 9.93. The zero-order valence-corrected chi connectivity index (χ0v) is 10.5. The highest BCUT2D eigenvalue weighted by molar-refractivity contribution is 6.99. The average molecular weight is 259 g/mol. The van der Waals surface area contributed by atoms with Gasteiger partial charge in [0.05, 0.1) is 34.3 Å². The first-order chi connectivity index (χ1) is 7.59. The van der Waals surface area contributed by atoms with Crippen molar-refractivity contribution in [1.82, 2.24) is 18.5 Å². The lowest BCUT2D eigenvalue weighted by molar-refractivity contribution is 0.172. The number of halogens is 1. The molecular formula is C9H11ClN4OS. The molecule has 0 aromatic carbocycles. The Labute approximate surface area is 102 Å². The van der Waals surface area contributed by atoms with E-state index >= 15 is 0 Å². The molecule has 5 nitrogen and oxygen atoms in total. The zero-order valence-electron chi connectivity index (χ0n) is 8.88. The molecule has 0 fully saturated rings. The summed E-state index contributed by atoms with van der Waals surface area (Å²) in [5, 5.41) is 14.7. The van der Waals surface area contributed by atoms with Crippen molar-refractivity contribution < 1.29 is 5.11 Å². The van der Waals surface area contributed by atoms with Crippen molar-refractivity contribution in [3.63, 3.8) is 0 Å². The summed E-state index contributed by atoms with van der Waals surface area (Å²) in [7, 11) is 1.81. The van der Waals surface area contributed by atoms with Crippen molar-refractivity contribution >= 4 is 23.3 Å². The highest BCUT2D eigenvalue weighted by atomic mass is 35.5. The fraction of sp³-hybridized carbons (Fsp3) is 0.444. The van der Waals surface area contributed by atoms with Crippen molar-refractivity contribution in [1.29, 1.82) is 0 Å². The minimum atomic E-state index is -0.689. The molecule has 0 spiro atoms. The van der Waals surface area contributed by atoms with Gasteiger partial charge in [0, 0.05) is 13.5 Å². The van der Waals surface area contributed by atoms with E-state index in [0.717, 1.165) is 23.1 Å². The number of aliphatic hydroxyl groups excluding tert-OH is 1. The Balaban J connectivity index is 2.21. The van der Waals surface area contributed by atoms with Crippen LogP contribution in [0.4, 0.5) is 0 Å². The van der Waals surface area contributed by atoms with E-state index < -0.39 is 6.10 Å². The van der Waals surface area contributed by atoms with E-state index in [2.05, 4.69) is 13.8 Å². The molecule has 2 rings (SSSR count). The number of nitrogens with zero attached hydrogens (tertiary/aromatic N) is 4. The lowest BCUT2D eigenvalue weighted by atomic mass is 10.1. The molecule has 0 amide bonds. The van der Waals surface area contributed by atoms with Gasteiger partial charge < -0.3 is 5.11 Å². The summed E-state index contributed by atoms with van der Waals surface area (Å²) in [4.78, 5) is 0. The number of hydrogen-bond donors (Lipinski definition) is 1. The normalized spacial score (nSPS) is 13.0. The molecule has 0 aliphatic carbocycles. The predicted molar refractivity (Wildman–Crippen MR) is 61.5 cm³/mol. The Kier molecular flexibility index (Phi) is 3.22. The predicted octanol–water partition coefficient (Wildman–Crippen LogP) is 1.51. The minimum absolute atomic E-state index is 0.390. The molecule has 0 saturated carbocycles. The van der Waals surface area contributed by atoms with Crippen LogP contribution in [0, 0.1) is 6.92 Å². The molecule has 0 bridgehead atoms. The van der Waals surface area contributed by atoms with Crippen LogP contribution in [0.3, 0.4) is 0 Å². The van der Waals surface area contributed by atoms with Crippen LogP contribution < -0.4 is 0 Å². The van der Waals surface area contributed by atoms with Crippen LogP contribution in [0.2, 0.25) is 5.02 Å². The molecular weight excluding hydrogens is 248 g/mol. The lowest BCUT2D eigenvalue weighted by Gasteiger charge is -2.07. The Hall–Kier alpha value is -0.980. The first-order valence-electron chi connectivity index (χ1n) is 4.73. The van der Waals surface area contributed by atoms with Crippen LogP contribution in [0.25, 0.3) is 0 Å². The molecule has 2 aromatic rings. The number of rotatable bonds is 3. The third-order valence-electron chi connectivity index (χ3n) is 2.37. The quantitative estimate of drug-likeness (QED) is 0.906. The second-order valence-corrected chi connectivity index (χ2v) is 4.46. The third kappa shape index (κ3) is 2.09. The van der Waals surface area contributed by atoms with Crippen LogP contribution in [0.15, 0.2) is 6.20 Å². The summed E-state index contributed by atoms with van der Waals surface area (Å²) >= 11 is 7.17. The van der Waals surface area contributed by atoms with E-state index in [1.807, 2.05) is 6.92 Å². The van der Waals surface area contributed by atoms with E-state index in [1.54, 1.807) is 17.9 Å². The van der Waals surface area contributed by atoms with Gasteiger partial charge in [-0.1, -0.05) is 11.6 Å². The van der Waals surface area contributed by atoms with Crippen molar-refractivity contribution in [3.05, 3.63) is 28.3 Å². The highest BCUT2D eigenvalue weighted by Gasteiger charge is 2.18. The molecule has 86 valence electrons. The summed E-state index contributed by atoms with van der Waals surface area (Å²) in [5.41, 5.74) is 2.14. The van der Waals surface area contributed by atoms with Crippen LogP contribution in [-0.2, 0) is 13.5 Å². The van der Waals surface area contributed by atoms with Crippen molar-refractivity contribution in [2.75, 3.05) is 0 Å². The molecule has 1 atom stereocenters. The van der Waals surface area contributed by atoms with Crippen LogP contribution in [0.5, 0.6) is 0 Å². The van der Waals surface area contributed by atoms with E-state index in [4.69, 9.17) is 11.6 Å². The molecule has 0 saturated heterocycles. The van der Waals surface area contributed by atoms with Gasteiger partial charge in [-0.3, -0.25) is 4.68 Å². The number of aliphatic hydroxyl groups is 1. The van der Waals surface area contributed by atoms with Gasteiger partial charge in [-0.15, -0.1) is 0 Å². The SMILES string of the molecule is Cc1nn(C)c(CC(O)c2cnsn2)c1Cl. The summed E-state index contributed by atoms with van der Waals surface area (Å²) in [6.07, 6.45) is 1.26. The number of aromatic nitrogens is 4. The number of aryl methyl sites for hydroxylation is 2. The van der Waals surface area contributed by atoms with Gasteiger partial charge in [0.2, 0.25) is 0 Å². The second kappa shape index (κ2) is 4.48. The molecule has 0 aliphatic heterocycles. The smallest absolute Gasteiger partial charge is 0.104 e. The van der Waals surface area contributed by atoms with E-state index in [-0.39, 0.29) is 0 Å². The monoisotopic (exact) mass is 258 g/mol. The van der Waals surface area contributed by atoms with Gasteiger partial charge in [0.1, 0.15) is 11.8 Å². The highest BCUT2D eigenvalue weighted by Crippen LogP contribution is 2.24.